The highest BCUT2D eigenvalue weighted by molar-refractivity contribution is 6.08. The maximum Gasteiger partial charge on any atom is 0.225 e. The summed E-state index contributed by atoms with van der Waals surface area (Å²) < 4.78 is 11.4. The lowest BCUT2D eigenvalue weighted by Crippen LogP contribution is -2.48. The summed E-state index contributed by atoms with van der Waals surface area (Å²) in [5.41, 5.74) is 9.48. The Labute approximate surface area is 267 Å². The molecule has 3 unspecified atom stereocenters. The molecule has 4 aromatic rings. The van der Waals surface area contributed by atoms with Crippen molar-refractivity contribution >= 4 is 23.6 Å². The molecule has 3 atom stereocenters. The zero-order valence-electron chi connectivity index (χ0n) is 26.8. The molecule has 0 spiro atoms. The largest absolute Gasteiger partial charge is 0.460 e. The number of anilines is 2. The fraction of sp³-hybridized carbons (Fsp3) is 0.424. The Bertz CT molecular complexity index is 1780. The minimum absolute atomic E-state index is 0.0332. The Morgan fingerprint density at radius 1 is 1.09 bits per heavy atom. The Hall–Kier alpha value is -5.07. The fourth-order valence-corrected chi connectivity index (χ4v) is 5.96. The SMILES string of the molecule is CC(=O)N1CCN(c2ncc(-c3cc(C)no3)c(C3CC3CC(C)Nc3ncc(C(=O)C=C(C)N)c(-c4ccc(C)o4)n3)n2)CC1. The molecule has 1 amide bonds. The van der Waals surface area contributed by atoms with Gasteiger partial charge in [-0.15, -0.1) is 0 Å². The summed E-state index contributed by atoms with van der Waals surface area (Å²) in [7, 11) is 0. The highest BCUT2D eigenvalue weighted by Gasteiger charge is 2.42. The van der Waals surface area contributed by atoms with Crippen LogP contribution in [-0.2, 0) is 4.79 Å². The van der Waals surface area contributed by atoms with Gasteiger partial charge in [-0.3, -0.25) is 9.59 Å². The number of carbonyl (C=O) groups is 2. The molecule has 1 saturated carbocycles. The minimum atomic E-state index is -0.285. The van der Waals surface area contributed by atoms with E-state index in [2.05, 4.69) is 32.3 Å². The first kappa shape index (κ1) is 30.9. The average molecular weight is 626 g/mol. The van der Waals surface area contributed by atoms with Crippen molar-refractivity contribution in [2.24, 2.45) is 11.7 Å². The van der Waals surface area contributed by atoms with Crippen LogP contribution in [0.3, 0.4) is 0 Å². The van der Waals surface area contributed by atoms with Crippen LogP contribution in [0.1, 0.15) is 67.0 Å². The van der Waals surface area contributed by atoms with Gasteiger partial charge in [-0.2, -0.15) is 0 Å². The van der Waals surface area contributed by atoms with E-state index in [1.165, 1.54) is 12.3 Å². The maximum absolute atomic E-state index is 12.9. The first-order valence-electron chi connectivity index (χ1n) is 15.5. The molecule has 0 radical (unpaired) electrons. The summed E-state index contributed by atoms with van der Waals surface area (Å²) >= 11 is 0. The highest BCUT2D eigenvalue weighted by Crippen LogP contribution is 2.52. The molecular weight excluding hydrogens is 586 g/mol. The number of hydrogen-bond donors (Lipinski definition) is 2. The van der Waals surface area contributed by atoms with Crippen LogP contribution in [0.25, 0.3) is 22.8 Å². The smallest absolute Gasteiger partial charge is 0.225 e. The van der Waals surface area contributed by atoms with Gasteiger partial charge in [0.2, 0.25) is 17.8 Å². The number of rotatable bonds is 10. The molecular formula is C33H39N9O4. The molecule has 46 heavy (non-hydrogen) atoms. The Balaban J connectivity index is 1.19. The van der Waals surface area contributed by atoms with Crippen LogP contribution in [0.2, 0.25) is 0 Å². The van der Waals surface area contributed by atoms with Gasteiger partial charge in [-0.05, 0) is 58.6 Å². The van der Waals surface area contributed by atoms with Gasteiger partial charge >= 0.3 is 0 Å². The van der Waals surface area contributed by atoms with Crippen LogP contribution in [0.5, 0.6) is 0 Å². The van der Waals surface area contributed by atoms with Gasteiger partial charge < -0.3 is 29.8 Å². The molecule has 1 aliphatic carbocycles. The van der Waals surface area contributed by atoms with Crippen molar-refractivity contribution in [1.82, 2.24) is 30.0 Å². The second kappa shape index (κ2) is 12.7. The molecule has 4 aromatic heterocycles. The number of piperazine rings is 1. The number of nitrogens with two attached hydrogens (primary N) is 1. The van der Waals surface area contributed by atoms with Crippen molar-refractivity contribution in [3.8, 4) is 22.8 Å². The number of nitrogens with zero attached hydrogens (tertiary/aromatic N) is 7. The number of furan rings is 1. The van der Waals surface area contributed by atoms with Crippen LogP contribution in [0, 0.1) is 19.8 Å². The fourth-order valence-electron chi connectivity index (χ4n) is 5.96. The summed E-state index contributed by atoms with van der Waals surface area (Å²) in [5, 5.41) is 7.51. The van der Waals surface area contributed by atoms with Gasteiger partial charge in [-0.1, -0.05) is 5.16 Å². The Morgan fingerprint density at radius 3 is 2.52 bits per heavy atom. The predicted molar refractivity (Wildman–Crippen MR) is 172 cm³/mol. The topological polar surface area (TPSA) is 169 Å². The van der Waals surface area contributed by atoms with Gasteiger partial charge in [0, 0.05) is 75.3 Å². The summed E-state index contributed by atoms with van der Waals surface area (Å²) in [5.74, 6) is 3.32. The summed E-state index contributed by atoms with van der Waals surface area (Å²) in [6, 6.07) is 5.56. The molecule has 0 aromatic carbocycles. The first-order valence-corrected chi connectivity index (χ1v) is 15.5. The highest BCUT2D eigenvalue weighted by atomic mass is 16.5. The quantitative estimate of drug-likeness (QED) is 0.187. The van der Waals surface area contributed by atoms with E-state index < -0.39 is 0 Å². The Morgan fingerprint density at radius 2 is 1.87 bits per heavy atom. The monoisotopic (exact) mass is 625 g/mol. The molecule has 5 heterocycles. The van der Waals surface area contributed by atoms with Crippen molar-refractivity contribution in [1.29, 1.82) is 0 Å². The third-order valence-electron chi connectivity index (χ3n) is 8.40. The number of hydrogen-bond acceptors (Lipinski definition) is 12. The summed E-state index contributed by atoms with van der Waals surface area (Å²) in [4.78, 5) is 47.6. The molecule has 3 N–H and O–H groups in total. The van der Waals surface area contributed by atoms with E-state index in [-0.39, 0.29) is 23.7 Å². The van der Waals surface area contributed by atoms with E-state index in [9.17, 15) is 9.59 Å². The van der Waals surface area contributed by atoms with Crippen LogP contribution < -0.4 is 16.0 Å². The molecule has 2 fully saturated rings. The van der Waals surface area contributed by atoms with Gasteiger partial charge in [0.1, 0.15) is 11.5 Å². The minimum Gasteiger partial charge on any atom is -0.460 e. The van der Waals surface area contributed by atoms with E-state index in [0.29, 0.717) is 78.2 Å². The van der Waals surface area contributed by atoms with E-state index >= 15 is 0 Å². The maximum atomic E-state index is 12.9. The molecule has 2 aliphatic rings. The molecule has 13 heteroatoms. The molecule has 1 saturated heterocycles. The average Bonchev–Trinajstić information content (AvgIpc) is 3.40. The standard InChI is InChI=1S/C33H39N9O4/c1-18(34)12-27(44)25-16-35-32(38-31(25)28-7-6-21(4)45-28)37-19(2)13-23-15-24(23)30-26(29-14-20(3)40-46-29)17-36-33(39-30)42-10-8-41(9-11-42)22(5)43/h6-7,12,14,16-17,19,23-24H,8-11,13,15,34H2,1-5H3,(H,35,37,38). The molecule has 1 aliphatic heterocycles. The zero-order valence-corrected chi connectivity index (χ0v) is 26.8. The molecule has 13 nitrogen and oxygen atoms in total. The van der Waals surface area contributed by atoms with Crippen molar-refractivity contribution in [3.05, 3.63) is 65.1 Å². The van der Waals surface area contributed by atoms with Gasteiger partial charge in [0.05, 0.1) is 22.5 Å². The predicted octanol–water partition coefficient (Wildman–Crippen LogP) is 4.51. The number of aromatic nitrogens is 5. The van der Waals surface area contributed by atoms with Crippen molar-refractivity contribution in [2.75, 3.05) is 36.4 Å². The van der Waals surface area contributed by atoms with Crippen LogP contribution in [0.15, 0.2) is 51.3 Å². The summed E-state index contributed by atoms with van der Waals surface area (Å²) in [6.45, 7) is 11.7. The van der Waals surface area contributed by atoms with Crippen LogP contribution in [0.4, 0.5) is 11.9 Å². The van der Waals surface area contributed by atoms with Crippen LogP contribution in [-0.4, -0.2) is 73.9 Å². The van der Waals surface area contributed by atoms with Crippen molar-refractivity contribution in [3.63, 3.8) is 0 Å². The second-order valence-electron chi connectivity index (χ2n) is 12.3. The number of nitrogens with one attached hydrogen (secondary N) is 1. The van der Waals surface area contributed by atoms with E-state index in [0.717, 1.165) is 29.8 Å². The number of aryl methyl sites for hydroxylation is 2. The van der Waals surface area contributed by atoms with Crippen LogP contribution >= 0.6 is 0 Å². The van der Waals surface area contributed by atoms with E-state index in [1.807, 2.05) is 37.1 Å². The molecule has 6 rings (SSSR count). The first-order chi connectivity index (χ1) is 22.0. The lowest BCUT2D eigenvalue weighted by molar-refractivity contribution is -0.129. The van der Waals surface area contributed by atoms with E-state index in [4.69, 9.17) is 24.6 Å². The van der Waals surface area contributed by atoms with Crippen molar-refractivity contribution in [2.45, 2.75) is 59.4 Å². The second-order valence-corrected chi connectivity index (χ2v) is 12.3. The van der Waals surface area contributed by atoms with Gasteiger partial charge in [0.25, 0.3) is 0 Å². The summed E-state index contributed by atoms with van der Waals surface area (Å²) in [6.07, 6.45) is 6.53. The van der Waals surface area contributed by atoms with E-state index in [1.54, 1.807) is 19.9 Å². The third kappa shape index (κ3) is 6.77. The lowest BCUT2D eigenvalue weighted by Gasteiger charge is -2.34. The number of carbonyl (C=O) groups excluding carboxylic acids is 2. The normalized spacial score (nSPS) is 18.8. The number of amides is 1. The number of allylic oxidation sites excluding steroid dienone is 2. The number of ketones is 1. The Kier molecular flexibility index (Phi) is 8.57. The molecule has 0 bridgehead atoms. The third-order valence-corrected chi connectivity index (χ3v) is 8.40. The van der Waals surface area contributed by atoms with Gasteiger partial charge in [0.15, 0.2) is 17.3 Å². The van der Waals surface area contributed by atoms with Crippen molar-refractivity contribution < 1.29 is 18.5 Å². The lowest BCUT2D eigenvalue weighted by atomic mass is 10.0. The molecule has 240 valence electrons. The zero-order chi connectivity index (χ0) is 32.5. The van der Waals surface area contributed by atoms with Gasteiger partial charge in [-0.25, -0.2) is 19.9 Å².